The van der Waals surface area contributed by atoms with Gasteiger partial charge >= 0.3 is 0 Å². The minimum absolute atomic E-state index is 0.772. The number of hydrogen-bond acceptors (Lipinski definition) is 1. The van der Waals surface area contributed by atoms with Crippen molar-refractivity contribution in [3.05, 3.63) is 59.6 Å². The van der Waals surface area contributed by atoms with Crippen LogP contribution >= 0.6 is 23.4 Å². The molecule has 1 radical (unpaired) electrons. The molecule has 0 spiro atoms. The molecule has 0 nitrogen and oxygen atoms in total. The second-order valence-corrected chi connectivity index (χ2v) is 4.38. The van der Waals surface area contributed by atoms with Crippen molar-refractivity contribution < 1.29 is 0 Å². The zero-order chi connectivity index (χ0) is 9.80. The van der Waals surface area contributed by atoms with Crippen molar-refractivity contribution in [2.45, 2.75) is 9.79 Å². The predicted octanol–water partition coefficient (Wildman–Crippen LogP) is 4.29. The molecular weight excluding hydrogens is 212 g/mol. The van der Waals surface area contributed by atoms with Gasteiger partial charge in [0.15, 0.2) is 0 Å². The topological polar surface area (TPSA) is 0 Å². The minimum Gasteiger partial charge on any atom is -0.0901 e. The fourth-order valence-electron chi connectivity index (χ4n) is 1.08. The molecule has 0 saturated carbocycles. The molecule has 0 aromatic heterocycles. The highest BCUT2D eigenvalue weighted by Crippen LogP contribution is 2.27. The van der Waals surface area contributed by atoms with Crippen LogP contribution in [-0.2, 0) is 0 Å². The summed E-state index contributed by atoms with van der Waals surface area (Å²) < 4.78 is 0. The summed E-state index contributed by atoms with van der Waals surface area (Å²) in [5, 5.41) is 0.772. The normalized spacial score (nSPS) is 10.1. The van der Waals surface area contributed by atoms with Gasteiger partial charge in [-0.25, -0.2) is 0 Å². The molecule has 0 N–H and O–H groups in total. The molecule has 0 aliphatic rings. The molecule has 2 rings (SSSR count). The molecule has 2 aromatic carbocycles. The lowest BCUT2D eigenvalue weighted by molar-refractivity contribution is 1.40. The summed E-state index contributed by atoms with van der Waals surface area (Å²) in [5.41, 5.74) is 0. The lowest BCUT2D eigenvalue weighted by Crippen LogP contribution is -1.72. The van der Waals surface area contributed by atoms with Gasteiger partial charge in [0.2, 0.25) is 0 Å². The maximum atomic E-state index is 5.80. The molecule has 0 aliphatic carbocycles. The summed E-state index contributed by atoms with van der Waals surface area (Å²) in [6, 6.07) is 18.8. The van der Waals surface area contributed by atoms with E-state index in [-0.39, 0.29) is 0 Å². The Balaban J connectivity index is 2.16. The Morgan fingerprint density at radius 3 is 2.43 bits per heavy atom. The molecule has 0 atom stereocenters. The summed E-state index contributed by atoms with van der Waals surface area (Å²) in [4.78, 5) is 2.38. The largest absolute Gasteiger partial charge is 0.0901 e. The average molecular weight is 220 g/mol. The first kappa shape index (κ1) is 9.63. The first-order valence-corrected chi connectivity index (χ1v) is 5.43. The summed E-state index contributed by atoms with van der Waals surface area (Å²) >= 11 is 7.51. The van der Waals surface area contributed by atoms with Crippen LogP contribution < -0.4 is 0 Å². The minimum atomic E-state index is 0.772. The van der Waals surface area contributed by atoms with E-state index in [4.69, 9.17) is 11.6 Å². The zero-order valence-corrected chi connectivity index (χ0v) is 8.98. The lowest BCUT2D eigenvalue weighted by atomic mass is 10.4. The molecule has 0 fully saturated rings. The maximum Gasteiger partial charge on any atom is 0.0406 e. The third-order valence-corrected chi connectivity index (χ3v) is 2.98. The molecule has 69 valence electrons. The molecule has 2 heteroatoms. The highest BCUT2D eigenvalue weighted by atomic mass is 35.5. The van der Waals surface area contributed by atoms with Crippen molar-refractivity contribution in [3.63, 3.8) is 0 Å². The molecule has 2 aromatic rings. The van der Waals surface area contributed by atoms with Crippen molar-refractivity contribution in [1.82, 2.24) is 0 Å². The molecular formula is C12H8ClS. The van der Waals surface area contributed by atoms with E-state index in [1.54, 1.807) is 11.8 Å². The third-order valence-electron chi connectivity index (χ3n) is 1.73. The second kappa shape index (κ2) is 4.54. The van der Waals surface area contributed by atoms with Crippen molar-refractivity contribution in [2.75, 3.05) is 0 Å². The fraction of sp³-hybridized carbons (Fsp3) is 0. The van der Waals surface area contributed by atoms with Crippen LogP contribution in [0.2, 0.25) is 5.02 Å². The van der Waals surface area contributed by atoms with Crippen LogP contribution in [0.3, 0.4) is 0 Å². The SMILES string of the molecule is Clc1ccc(Sc2c[c]ccc2)cc1. The van der Waals surface area contributed by atoms with Gasteiger partial charge in [0.1, 0.15) is 0 Å². The van der Waals surface area contributed by atoms with Crippen LogP contribution in [0.15, 0.2) is 58.3 Å². The maximum absolute atomic E-state index is 5.80. The molecule has 0 amide bonds. The summed E-state index contributed by atoms with van der Waals surface area (Å²) in [5.74, 6) is 0. The van der Waals surface area contributed by atoms with Gasteiger partial charge in [0, 0.05) is 14.8 Å². The van der Waals surface area contributed by atoms with Crippen molar-refractivity contribution in [1.29, 1.82) is 0 Å². The van der Waals surface area contributed by atoms with Gasteiger partial charge in [-0.3, -0.25) is 0 Å². The Bertz CT molecular complexity index is 394. The van der Waals surface area contributed by atoms with Gasteiger partial charge in [-0.2, -0.15) is 0 Å². The van der Waals surface area contributed by atoms with Gasteiger partial charge in [0.25, 0.3) is 0 Å². The molecule has 0 saturated heterocycles. The van der Waals surface area contributed by atoms with Crippen molar-refractivity contribution >= 4 is 23.4 Å². The zero-order valence-electron chi connectivity index (χ0n) is 7.41. The standard InChI is InChI=1S/C12H8ClS/c13-10-6-8-12(9-7-10)14-11-4-2-1-3-5-11/h1-2,4-9H. The van der Waals surface area contributed by atoms with Gasteiger partial charge < -0.3 is 0 Å². The van der Waals surface area contributed by atoms with Gasteiger partial charge in [-0.15, -0.1) is 0 Å². The molecule has 0 heterocycles. The lowest BCUT2D eigenvalue weighted by Gasteiger charge is -2.00. The molecule has 0 bridgehead atoms. The van der Waals surface area contributed by atoms with E-state index >= 15 is 0 Å². The molecule has 14 heavy (non-hydrogen) atoms. The number of rotatable bonds is 2. The Kier molecular flexibility index (Phi) is 3.12. The first-order chi connectivity index (χ1) is 6.84. The third kappa shape index (κ3) is 2.53. The average Bonchev–Trinajstić information content (AvgIpc) is 2.23. The number of benzene rings is 2. The van der Waals surface area contributed by atoms with Crippen LogP contribution in [0, 0.1) is 6.07 Å². The van der Waals surface area contributed by atoms with Crippen molar-refractivity contribution in [3.8, 4) is 0 Å². The van der Waals surface area contributed by atoms with Crippen LogP contribution in [0.1, 0.15) is 0 Å². The predicted molar refractivity (Wildman–Crippen MR) is 60.9 cm³/mol. The van der Waals surface area contributed by atoms with Gasteiger partial charge in [0.05, 0.1) is 0 Å². The fourth-order valence-corrected chi connectivity index (χ4v) is 2.02. The second-order valence-electron chi connectivity index (χ2n) is 2.80. The van der Waals surface area contributed by atoms with E-state index in [0.717, 1.165) is 5.02 Å². The highest BCUT2D eigenvalue weighted by molar-refractivity contribution is 7.99. The van der Waals surface area contributed by atoms with Gasteiger partial charge in [-0.05, 0) is 42.5 Å². The van der Waals surface area contributed by atoms with E-state index in [1.807, 2.05) is 42.5 Å². The van der Waals surface area contributed by atoms with E-state index in [0.29, 0.717) is 0 Å². The summed E-state index contributed by atoms with van der Waals surface area (Å²) in [6.45, 7) is 0. The Labute approximate surface area is 92.9 Å². The Hall–Kier alpha value is -0.920. The Morgan fingerprint density at radius 1 is 1.00 bits per heavy atom. The van der Waals surface area contributed by atoms with Crippen LogP contribution in [0.5, 0.6) is 0 Å². The van der Waals surface area contributed by atoms with Crippen molar-refractivity contribution in [2.24, 2.45) is 0 Å². The quantitative estimate of drug-likeness (QED) is 0.726. The number of halogens is 1. The summed E-state index contributed by atoms with van der Waals surface area (Å²) in [7, 11) is 0. The monoisotopic (exact) mass is 219 g/mol. The van der Waals surface area contributed by atoms with Gasteiger partial charge in [-0.1, -0.05) is 35.5 Å². The van der Waals surface area contributed by atoms with E-state index in [9.17, 15) is 0 Å². The van der Waals surface area contributed by atoms with Crippen LogP contribution in [-0.4, -0.2) is 0 Å². The Morgan fingerprint density at radius 2 is 1.79 bits per heavy atom. The van der Waals surface area contributed by atoms with E-state index in [1.165, 1.54) is 9.79 Å². The number of hydrogen-bond donors (Lipinski definition) is 0. The molecule has 0 unspecified atom stereocenters. The smallest absolute Gasteiger partial charge is 0.0406 e. The highest BCUT2D eigenvalue weighted by Gasteiger charge is 1.95. The van der Waals surface area contributed by atoms with E-state index in [2.05, 4.69) is 12.1 Å². The van der Waals surface area contributed by atoms with Crippen LogP contribution in [0.25, 0.3) is 0 Å². The van der Waals surface area contributed by atoms with Crippen LogP contribution in [0.4, 0.5) is 0 Å². The van der Waals surface area contributed by atoms with E-state index < -0.39 is 0 Å². The molecule has 0 aliphatic heterocycles. The summed E-state index contributed by atoms with van der Waals surface area (Å²) in [6.07, 6.45) is 0. The first-order valence-electron chi connectivity index (χ1n) is 4.24.